The summed E-state index contributed by atoms with van der Waals surface area (Å²) in [5, 5.41) is 0.908. The van der Waals surface area contributed by atoms with Crippen molar-refractivity contribution in [2.45, 2.75) is 6.43 Å². The molecule has 0 unspecified atom stereocenters. The van der Waals surface area contributed by atoms with E-state index in [1.165, 1.54) is 0 Å². The Morgan fingerprint density at radius 3 is 2.64 bits per heavy atom. The standard InChI is InChI=1S/C15H14F2N6OS/c16-13(17)9-7-12(24)21-14(19-9)22-3-5-23(6-4-22)15-20-10-8-18-2-1-11(10)25-15/h1-2,7-8,13H,3-6H2,(H,19,21,24). The number of anilines is 2. The van der Waals surface area contributed by atoms with Crippen LogP contribution in [0.3, 0.4) is 0 Å². The molecule has 1 aliphatic rings. The summed E-state index contributed by atoms with van der Waals surface area (Å²) in [4.78, 5) is 30.6. The summed E-state index contributed by atoms with van der Waals surface area (Å²) < 4.78 is 26.7. The summed E-state index contributed by atoms with van der Waals surface area (Å²) in [6.07, 6.45) is 0.703. The number of piperazine rings is 1. The van der Waals surface area contributed by atoms with Gasteiger partial charge in [-0.25, -0.2) is 18.7 Å². The van der Waals surface area contributed by atoms with E-state index in [9.17, 15) is 13.6 Å². The van der Waals surface area contributed by atoms with Crippen LogP contribution in [0, 0.1) is 0 Å². The first kappa shape index (κ1) is 15.9. The van der Waals surface area contributed by atoms with Crippen LogP contribution >= 0.6 is 11.3 Å². The average molecular weight is 364 g/mol. The van der Waals surface area contributed by atoms with Gasteiger partial charge < -0.3 is 9.80 Å². The lowest BCUT2D eigenvalue weighted by Gasteiger charge is -2.34. The summed E-state index contributed by atoms with van der Waals surface area (Å²) in [6.45, 7) is 2.44. The van der Waals surface area contributed by atoms with Crippen LogP contribution in [0.1, 0.15) is 12.1 Å². The number of H-pyrrole nitrogens is 1. The third-order valence-electron chi connectivity index (χ3n) is 4.00. The zero-order valence-electron chi connectivity index (χ0n) is 13.0. The van der Waals surface area contributed by atoms with Gasteiger partial charge in [-0.2, -0.15) is 0 Å². The first-order chi connectivity index (χ1) is 12.1. The van der Waals surface area contributed by atoms with Gasteiger partial charge in [0.15, 0.2) is 5.13 Å². The highest BCUT2D eigenvalue weighted by molar-refractivity contribution is 7.22. The quantitative estimate of drug-likeness (QED) is 0.766. The van der Waals surface area contributed by atoms with Gasteiger partial charge in [-0.15, -0.1) is 0 Å². The molecule has 10 heteroatoms. The number of hydrogen-bond donors (Lipinski definition) is 1. The minimum atomic E-state index is -2.77. The molecule has 0 atom stereocenters. The van der Waals surface area contributed by atoms with Gasteiger partial charge in [0.1, 0.15) is 11.2 Å². The third kappa shape index (κ3) is 3.16. The van der Waals surface area contributed by atoms with Crippen LogP contribution in [0.25, 0.3) is 10.2 Å². The van der Waals surface area contributed by atoms with Crippen LogP contribution in [-0.4, -0.2) is 46.1 Å². The summed E-state index contributed by atoms with van der Waals surface area (Å²) in [6, 6.07) is 2.76. The lowest BCUT2D eigenvalue weighted by Crippen LogP contribution is -2.47. The van der Waals surface area contributed by atoms with Crippen molar-refractivity contribution in [1.82, 2.24) is 19.9 Å². The van der Waals surface area contributed by atoms with Crippen molar-refractivity contribution in [2.24, 2.45) is 0 Å². The Bertz CT molecular complexity index is 917. The van der Waals surface area contributed by atoms with E-state index >= 15 is 0 Å². The number of nitrogens with zero attached hydrogens (tertiary/aromatic N) is 5. The minimum Gasteiger partial charge on any atom is -0.345 e. The highest BCUT2D eigenvalue weighted by Crippen LogP contribution is 2.29. The molecule has 3 aromatic heterocycles. The van der Waals surface area contributed by atoms with E-state index in [-0.39, 0.29) is 5.95 Å². The van der Waals surface area contributed by atoms with E-state index in [0.29, 0.717) is 26.2 Å². The molecule has 1 aliphatic heterocycles. The van der Waals surface area contributed by atoms with Crippen LogP contribution in [0.5, 0.6) is 0 Å². The fraction of sp³-hybridized carbons (Fsp3) is 0.333. The van der Waals surface area contributed by atoms with Gasteiger partial charge >= 0.3 is 0 Å². The molecule has 4 heterocycles. The fourth-order valence-electron chi connectivity index (χ4n) is 2.74. The minimum absolute atomic E-state index is 0.191. The molecule has 1 saturated heterocycles. The van der Waals surface area contributed by atoms with Crippen LogP contribution in [0.4, 0.5) is 19.9 Å². The molecule has 0 spiro atoms. The maximum absolute atomic E-state index is 12.8. The van der Waals surface area contributed by atoms with Gasteiger partial charge in [-0.1, -0.05) is 11.3 Å². The van der Waals surface area contributed by atoms with Gasteiger partial charge in [0.05, 0.1) is 10.9 Å². The van der Waals surface area contributed by atoms with E-state index < -0.39 is 17.7 Å². The number of hydrogen-bond acceptors (Lipinski definition) is 7. The second-order valence-electron chi connectivity index (χ2n) is 5.61. The Labute approximate surface area is 145 Å². The number of nitrogens with one attached hydrogen (secondary N) is 1. The normalized spacial score (nSPS) is 15.3. The number of alkyl halides is 2. The molecule has 1 N–H and O–H groups in total. The zero-order valence-corrected chi connectivity index (χ0v) is 13.8. The molecule has 0 aromatic carbocycles. The van der Waals surface area contributed by atoms with Crippen molar-refractivity contribution in [3.05, 3.63) is 40.6 Å². The molecule has 0 saturated carbocycles. The first-order valence-electron chi connectivity index (χ1n) is 7.70. The number of thiazole rings is 1. The molecule has 1 fully saturated rings. The van der Waals surface area contributed by atoms with Crippen molar-refractivity contribution < 1.29 is 8.78 Å². The van der Waals surface area contributed by atoms with Crippen LogP contribution < -0.4 is 15.4 Å². The molecule has 0 bridgehead atoms. The SMILES string of the molecule is O=c1cc(C(F)F)nc(N2CCN(c3nc4cnccc4s3)CC2)[nH]1. The number of halogens is 2. The molecular weight excluding hydrogens is 350 g/mol. The van der Waals surface area contributed by atoms with E-state index in [1.54, 1.807) is 28.6 Å². The number of fused-ring (bicyclic) bond motifs is 1. The zero-order chi connectivity index (χ0) is 17.4. The molecule has 7 nitrogen and oxygen atoms in total. The molecule has 0 aliphatic carbocycles. The largest absolute Gasteiger partial charge is 0.345 e. The van der Waals surface area contributed by atoms with Gasteiger partial charge in [0, 0.05) is 38.4 Å². The Hall–Kier alpha value is -2.62. The lowest BCUT2D eigenvalue weighted by molar-refractivity contribution is 0.146. The summed E-state index contributed by atoms with van der Waals surface area (Å²) >= 11 is 1.59. The maximum atomic E-state index is 12.8. The summed E-state index contributed by atoms with van der Waals surface area (Å²) in [5.41, 5.74) is -0.207. The number of aromatic amines is 1. The molecule has 0 radical (unpaired) electrons. The molecule has 130 valence electrons. The smallest absolute Gasteiger partial charge is 0.280 e. The van der Waals surface area contributed by atoms with Crippen LogP contribution in [0.2, 0.25) is 0 Å². The number of rotatable bonds is 3. The maximum Gasteiger partial charge on any atom is 0.280 e. The first-order valence-corrected chi connectivity index (χ1v) is 8.51. The Morgan fingerprint density at radius 2 is 1.92 bits per heavy atom. The Kier molecular flexibility index (Phi) is 4.04. The van der Waals surface area contributed by atoms with Crippen LogP contribution in [0.15, 0.2) is 29.3 Å². The topological polar surface area (TPSA) is 78.0 Å². The van der Waals surface area contributed by atoms with E-state index in [4.69, 9.17) is 0 Å². The molecule has 0 amide bonds. The van der Waals surface area contributed by atoms with Gasteiger partial charge in [0.25, 0.3) is 12.0 Å². The monoisotopic (exact) mass is 364 g/mol. The van der Waals surface area contributed by atoms with Gasteiger partial charge in [0.2, 0.25) is 5.95 Å². The van der Waals surface area contributed by atoms with Gasteiger partial charge in [-0.05, 0) is 6.07 Å². The Morgan fingerprint density at radius 1 is 1.16 bits per heavy atom. The fourth-order valence-corrected chi connectivity index (χ4v) is 3.72. The average Bonchev–Trinajstić information content (AvgIpc) is 3.05. The van der Waals surface area contributed by atoms with E-state index in [2.05, 4.69) is 24.8 Å². The van der Waals surface area contributed by atoms with Crippen molar-refractivity contribution in [3.8, 4) is 0 Å². The lowest BCUT2D eigenvalue weighted by atomic mass is 10.3. The van der Waals surface area contributed by atoms with Crippen molar-refractivity contribution in [2.75, 3.05) is 36.0 Å². The van der Waals surface area contributed by atoms with Crippen molar-refractivity contribution in [1.29, 1.82) is 0 Å². The highest BCUT2D eigenvalue weighted by atomic mass is 32.1. The molecule has 4 rings (SSSR count). The predicted molar refractivity (Wildman–Crippen MR) is 91.7 cm³/mol. The molecule has 3 aromatic rings. The highest BCUT2D eigenvalue weighted by Gasteiger charge is 2.22. The van der Waals surface area contributed by atoms with Crippen molar-refractivity contribution >= 4 is 32.6 Å². The predicted octanol–water partition coefficient (Wildman–Crippen LogP) is 2.04. The molecular formula is C15H14F2N6OS. The third-order valence-corrected chi connectivity index (χ3v) is 5.10. The van der Waals surface area contributed by atoms with Crippen molar-refractivity contribution in [3.63, 3.8) is 0 Å². The second-order valence-corrected chi connectivity index (χ2v) is 6.62. The molecule has 25 heavy (non-hydrogen) atoms. The summed E-state index contributed by atoms with van der Waals surface area (Å²) in [5.74, 6) is 0.191. The second kappa shape index (κ2) is 6.36. The van der Waals surface area contributed by atoms with Crippen LogP contribution in [-0.2, 0) is 0 Å². The van der Waals surface area contributed by atoms with E-state index in [0.717, 1.165) is 21.4 Å². The number of aromatic nitrogens is 4. The summed E-state index contributed by atoms with van der Waals surface area (Å²) in [7, 11) is 0. The Balaban J connectivity index is 1.50. The number of pyridine rings is 1. The van der Waals surface area contributed by atoms with E-state index in [1.807, 2.05) is 6.07 Å². The van der Waals surface area contributed by atoms with Gasteiger partial charge in [-0.3, -0.25) is 14.8 Å².